The molecule has 2 aromatic rings. The first kappa shape index (κ1) is 34.0. The molecule has 244 valence electrons. The van der Waals surface area contributed by atoms with Crippen LogP contribution in [0.15, 0.2) is 70.7 Å². The van der Waals surface area contributed by atoms with E-state index < -0.39 is 21.5 Å². The molecule has 2 amide bonds. The number of benzene rings is 2. The summed E-state index contributed by atoms with van der Waals surface area (Å²) in [6, 6.07) is 14.3. The fourth-order valence-corrected chi connectivity index (χ4v) is 7.47. The first-order chi connectivity index (χ1) is 21.9. The van der Waals surface area contributed by atoms with E-state index in [-0.39, 0.29) is 49.9 Å². The van der Waals surface area contributed by atoms with Crippen LogP contribution in [0, 0.1) is 17.2 Å². The molecule has 0 bridgehead atoms. The number of rotatable bonds is 8. The normalized spacial score (nSPS) is 22.3. The van der Waals surface area contributed by atoms with E-state index in [1.54, 1.807) is 28.9 Å². The van der Waals surface area contributed by atoms with E-state index in [1.807, 2.05) is 69.3 Å². The van der Waals surface area contributed by atoms with Crippen molar-refractivity contribution in [1.29, 1.82) is 5.26 Å². The smallest absolute Gasteiger partial charge is 0.326 e. The van der Waals surface area contributed by atoms with Gasteiger partial charge in [0.15, 0.2) is 0 Å². The summed E-state index contributed by atoms with van der Waals surface area (Å²) in [5, 5.41) is 11.1. The van der Waals surface area contributed by atoms with Gasteiger partial charge in [-0.2, -0.15) is 9.57 Å². The second-order valence-corrected chi connectivity index (χ2v) is 15.2. The van der Waals surface area contributed by atoms with Crippen molar-refractivity contribution in [2.75, 3.05) is 38.5 Å². The molecule has 0 aromatic heterocycles. The van der Waals surface area contributed by atoms with Crippen LogP contribution in [0.1, 0.15) is 56.8 Å². The molecule has 1 saturated heterocycles. The van der Waals surface area contributed by atoms with Crippen LogP contribution in [0.4, 0.5) is 4.79 Å². The minimum atomic E-state index is -3.38. The number of sulfonamides is 1. The number of aliphatic imine (C=N–C) groups is 1. The Balaban J connectivity index is 1.64. The Morgan fingerprint density at radius 1 is 1.09 bits per heavy atom. The fourth-order valence-electron chi connectivity index (χ4n) is 6.10. The third-order valence-electron chi connectivity index (χ3n) is 8.84. The average Bonchev–Trinajstić information content (AvgIpc) is 3.45. The largest absolute Gasteiger partial charge is 0.493 e. The molecule has 3 aliphatic rings. The SMILES string of the molecule is CCOc1cc(C(C)(C)C#N)ccc1C1=N[C@@H](C2C=CC(Cl)=CC2)[C@@H](c2ccc(Cl)cc2)N1C(=O)N1CCN(S(=O)(=O)CC)CC1. The summed E-state index contributed by atoms with van der Waals surface area (Å²) in [6.45, 7) is 8.50. The third kappa shape index (κ3) is 6.84. The molecule has 0 saturated carbocycles. The van der Waals surface area contributed by atoms with Crippen molar-refractivity contribution in [3.8, 4) is 11.8 Å². The highest BCUT2D eigenvalue weighted by Crippen LogP contribution is 2.43. The quantitative estimate of drug-likeness (QED) is 0.316. The molecular weight excluding hydrogens is 645 g/mol. The van der Waals surface area contributed by atoms with Gasteiger partial charge in [-0.1, -0.05) is 53.6 Å². The van der Waals surface area contributed by atoms with Gasteiger partial charge in [-0.15, -0.1) is 0 Å². The molecule has 0 radical (unpaired) electrons. The van der Waals surface area contributed by atoms with Gasteiger partial charge in [0, 0.05) is 42.2 Å². The molecule has 46 heavy (non-hydrogen) atoms. The molecule has 1 aliphatic carbocycles. The van der Waals surface area contributed by atoms with Crippen molar-refractivity contribution < 1.29 is 17.9 Å². The van der Waals surface area contributed by atoms with Crippen molar-refractivity contribution in [2.45, 2.75) is 51.6 Å². The van der Waals surface area contributed by atoms with Gasteiger partial charge in [-0.3, -0.25) is 9.89 Å². The van der Waals surface area contributed by atoms with Crippen molar-refractivity contribution >= 4 is 45.1 Å². The number of piperazine rings is 1. The number of ether oxygens (including phenoxy) is 1. The van der Waals surface area contributed by atoms with E-state index in [2.05, 4.69) is 6.07 Å². The van der Waals surface area contributed by atoms with Gasteiger partial charge in [0.05, 0.1) is 41.5 Å². The minimum absolute atomic E-state index is 0.0103. The first-order valence-corrected chi connectivity index (χ1v) is 17.9. The monoisotopic (exact) mass is 683 g/mol. The lowest BCUT2D eigenvalue weighted by molar-refractivity contribution is 0.141. The number of carbonyl (C=O) groups is 1. The molecule has 12 heteroatoms. The van der Waals surface area contributed by atoms with Crippen LogP contribution in [-0.4, -0.2) is 79.0 Å². The summed E-state index contributed by atoms with van der Waals surface area (Å²) in [5.41, 5.74) is 1.52. The second-order valence-electron chi connectivity index (χ2n) is 12.1. The lowest BCUT2D eigenvalue weighted by atomic mass is 9.85. The molecule has 2 aromatic carbocycles. The molecule has 2 heterocycles. The van der Waals surface area contributed by atoms with Crippen molar-refractivity contribution in [3.63, 3.8) is 0 Å². The van der Waals surface area contributed by atoms with Gasteiger partial charge in [-0.25, -0.2) is 13.2 Å². The number of urea groups is 1. The predicted octanol–water partition coefficient (Wildman–Crippen LogP) is 6.50. The van der Waals surface area contributed by atoms with Crippen molar-refractivity contribution in [1.82, 2.24) is 14.1 Å². The fraction of sp³-hybridized carbons (Fsp3) is 0.441. The zero-order valence-corrected chi connectivity index (χ0v) is 28.8. The molecule has 5 rings (SSSR count). The van der Waals surface area contributed by atoms with E-state index in [0.29, 0.717) is 40.2 Å². The highest BCUT2D eigenvalue weighted by molar-refractivity contribution is 7.89. The summed E-state index contributed by atoms with van der Waals surface area (Å²) < 4.78 is 32.7. The Morgan fingerprint density at radius 2 is 1.78 bits per heavy atom. The number of hydrogen-bond donors (Lipinski definition) is 0. The summed E-state index contributed by atoms with van der Waals surface area (Å²) in [7, 11) is -3.38. The number of amides is 2. The van der Waals surface area contributed by atoms with Crippen molar-refractivity contribution in [3.05, 3.63) is 87.4 Å². The van der Waals surface area contributed by atoms with Gasteiger partial charge >= 0.3 is 6.03 Å². The van der Waals surface area contributed by atoms with E-state index in [0.717, 1.165) is 11.1 Å². The second kappa shape index (κ2) is 13.8. The Morgan fingerprint density at radius 3 is 2.37 bits per heavy atom. The maximum Gasteiger partial charge on any atom is 0.326 e. The minimum Gasteiger partial charge on any atom is -0.493 e. The molecule has 0 spiro atoms. The Hall–Kier alpha value is -3.36. The molecule has 0 N–H and O–H groups in total. The van der Waals surface area contributed by atoms with Gasteiger partial charge in [-0.05, 0) is 75.6 Å². The highest BCUT2D eigenvalue weighted by Gasteiger charge is 2.47. The standard InChI is InChI=1S/C34H39Cl2N5O4S/c1-5-45-29-21-25(34(3,4)22-37)11-16-28(29)32-38-30(23-7-12-26(35)13-8-23)31(24-9-14-27(36)15-10-24)41(32)33(42)39-17-19-40(20-18-39)46(43,44)6-2/h7,9-16,21,23,30-31H,5-6,8,17-20H2,1-4H3/t23?,30-,31+/m0/s1. The number of amidine groups is 1. The third-order valence-corrected chi connectivity index (χ3v) is 11.2. The number of allylic oxidation sites excluding steroid dienone is 3. The number of carbonyl (C=O) groups excluding carboxylic acids is 1. The molecule has 3 atom stereocenters. The molecule has 9 nitrogen and oxygen atoms in total. The molecule has 1 fully saturated rings. The van der Waals surface area contributed by atoms with Crippen LogP contribution >= 0.6 is 23.2 Å². The van der Waals surface area contributed by atoms with E-state index >= 15 is 0 Å². The van der Waals surface area contributed by atoms with Crippen molar-refractivity contribution in [2.24, 2.45) is 10.9 Å². The molecule has 1 unspecified atom stereocenters. The lowest BCUT2D eigenvalue weighted by Gasteiger charge is -2.39. The average molecular weight is 685 g/mol. The van der Waals surface area contributed by atoms with Gasteiger partial charge in [0.1, 0.15) is 11.6 Å². The zero-order chi connectivity index (χ0) is 33.2. The molecule has 2 aliphatic heterocycles. The van der Waals surface area contributed by atoms with Crippen LogP contribution in [0.3, 0.4) is 0 Å². The van der Waals surface area contributed by atoms with Gasteiger partial charge in [0.2, 0.25) is 10.0 Å². The van der Waals surface area contributed by atoms with Crippen LogP contribution in [0.5, 0.6) is 5.75 Å². The number of halogens is 2. The van der Waals surface area contributed by atoms with Gasteiger partial charge < -0.3 is 9.64 Å². The van der Waals surface area contributed by atoms with E-state index in [9.17, 15) is 18.5 Å². The lowest BCUT2D eigenvalue weighted by Crippen LogP contribution is -2.55. The molecular formula is C34H39Cl2N5O4S. The predicted molar refractivity (Wildman–Crippen MR) is 182 cm³/mol. The number of nitriles is 1. The topological polar surface area (TPSA) is 106 Å². The summed E-state index contributed by atoms with van der Waals surface area (Å²) in [6.07, 6.45) is 6.51. The first-order valence-electron chi connectivity index (χ1n) is 15.5. The van der Waals surface area contributed by atoms with Crippen LogP contribution in [0.2, 0.25) is 5.02 Å². The Bertz CT molecular complexity index is 1710. The van der Waals surface area contributed by atoms with Crippen LogP contribution in [0.25, 0.3) is 0 Å². The Labute approximate surface area is 281 Å². The zero-order valence-electron chi connectivity index (χ0n) is 26.5. The summed E-state index contributed by atoms with van der Waals surface area (Å²) >= 11 is 12.6. The number of nitrogens with zero attached hydrogens (tertiary/aromatic N) is 5. The van der Waals surface area contributed by atoms with Gasteiger partial charge in [0.25, 0.3) is 0 Å². The van der Waals surface area contributed by atoms with E-state index in [4.69, 9.17) is 32.9 Å². The highest BCUT2D eigenvalue weighted by atomic mass is 35.5. The maximum atomic E-state index is 14.7. The summed E-state index contributed by atoms with van der Waals surface area (Å²) in [5.74, 6) is 0.930. The maximum absolute atomic E-state index is 14.7. The summed E-state index contributed by atoms with van der Waals surface area (Å²) in [4.78, 5) is 23.5. The van der Waals surface area contributed by atoms with Crippen LogP contribution < -0.4 is 4.74 Å². The Kier molecular flexibility index (Phi) is 10.2. The van der Waals surface area contributed by atoms with E-state index in [1.165, 1.54) is 4.31 Å². The van der Waals surface area contributed by atoms with Crippen LogP contribution in [-0.2, 0) is 15.4 Å². The number of hydrogen-bond acceptors (Lipinski definition) is 6.